The molecule has 122 valence electrons. The summed E-state index contributed by atoms with van der Waals surface area (Å²) < 4.78 is 26.1. The maximum atomic E-state index is 12.2. The monoisotopic (exact) mass is 342 g/mol. The van der Waals surface area contributed by atoms with Crippen LogP contribution < -0.4 is 5.73 Å². The maximum Gasteiger partial charge on any atom is 0.216 e. The van der Waals surface area contributed by atoms with Gasteiger partial charge in [-0.2, -0.15) is 0 Å². The number of nitrogens with two attached hydrogens (primary N) is 1. The molecule has 0 bridgehead atoms. The summed E-state index contributed by atoms with van der Waals surface area (Å²) in [7, 11) is -3.03. The molecule has 4 nitrogen and oxygen atoms in total. The van der Waals surface area contributed by atoms with Crippen molar-refractivity contribution in [3.05, 3.63) is 34.9 Å². The summed E-state index contributed by atoms with van der Waals surface area (Å²) in [6, 6.07) is 7.85. The zero-order valence-electron chi connectivity index (χ0n) is 12.6. The number of sulfonamides is 1. The van der Waals surface area contributed by atoms with Gasteiger partial charge in [-0.15, -0.1) is 0 Å². The molecule has 2 N–H and O–H groups in total. The summed E-state index contributed by atoms with van der Waals surface area (Å²) in [5.74, 6) is 0.379. The topological polar surface area (TPSA) is 63.4 Å². The minimum atomic E-state index is -3.03. The highest BCUT2D eigenvalue weighted by Crippen LogP contribution is 2.33. The quantitative estimate of drug-likeness (QED) is 0.893. The van der Waals surface area contributed by atoms with Crippen molar-refractivity contribution < 1.29 is 8.42 Å². The van der Waals surface area contributed by atoms with Crippen LogP contribution in [0.15, 0.2) is 24.3 Å². The number of halogens is 1. The zero-order valence-corrected chi connectivity index (χ0v) is 14.2. The summed E-state index contributed by atoms with van der Waals surface area (Å²) in [4.78, 5) is 0. The molecule has 0 amide bonds. The second-order valence-electron chi connectivity index (χ2n) is 6.48. The highest BCUT2D eigenvalue weighted by atomic mass is 35.5. The van der Waals surface area contributed by atoms with Crippen LogP contribution in [0.25, 0.3) is 0 Å². The van der Waals surface area contributed by atoms with Gasteiger partial charge in [-0.3, -0.25) is 0 Å². The van der Waals surface area contributed by atoms with Crippen LogP contribution in [0.3, 0.4) is 0 Å². The van der Waals surface area contributed by atoms with E-state index in [9.17, 15) is 8.42 Å². The molecule has 6 heteroatoms. The largest absolute Gasteiger partial charge is 0.327 e. The number of rotatable bonds is 5. The fourth-order valence-corrected chi connectivity index (χ4v) is 5.32. The highest BCUT2D eigenvalue weighted by molar-refractivity contribution is 7.90. The number of nitrogens with zero attached hydrogens (tertiary/aromatic N) is 1. The van der Waals surface area contributed by atoms with E-state index in [1.807, 2.05) is 24.3 Å². The molecule has 1 aliphatic heterocycles. The van der Waals surface area contributed by atoms with Gasteiger partial charge in [-0.25, -0.2) is 12.7 Å². The molecule has 1 saturated heterocycles. The Kier molecular flexibility index (Phi) is 4.78. The second-order valence-corrected chi connectivity index (χ2v) is 9.13. The van der Waals surface area contributed by atoms with Crippen molar-refractivity contribution in [1.82, 2.24) is 4.31 Å². The van der Waals surface area contributed by atoms with E-state index in [0.29, 0.717) is 19.0 Å². The Morgan fingerprint density at radius 2 is 1.91 bits per heavy atom. The molecule has 3 rings (SSSR count). The first-order valence-electron chi connectivity index (χ1n) is 7.96. The van der Waals surface area contributed by atoms with E-state index in [0.717, 1.165) is 42.7 Å². The maximum absolute atomic E-state index is 12.2. The molecule has 1 aromatic rings. The summed E-state index contributed by atoms with van der Waals surface area (Å²) in [6.07, 6.45) is 4.16. The standard InChI is InChI=1S/C16H23ClN2O2S/c17-14-3-1-2-12(10-14)11-16(18)13-6-8-19(9-7-13)22(20,21)15-4-5-15/h1-3,10,13,15-16H,4-9,11,18H2. The Hall–Kier alpha value is -0.620. The normalized spacial score (nSPS) is 22.6. The van der Waals surface area contributed by atoms with Gasteiger partial charge in [-0.1, -0.05) is 23.7 Å². The van der Waals surface area contributed by atoms with Crippen LogP contribution in [0.1, 0.15) is 31.2 Å². The van der Waals surface area contributed by atoms with Crippen LogP contribution in [-0.2, 0) is 16.4 Å². The van der Waals surface area contributed by atoms with E-state index in [1.54, 1.807) is 4.31 Å². The first-order chi connectivity index (χ1) is 10.5. The van der Waals surface area contributed by atoms with Crippen molar-refractivity contribution in [3.63, 3.8) is 0 Å². The van der Waals surface area contributed by atoms with Crippen molar-refractivity contribution >= 4 is 21.6 Å². The van der Waals surface area contributed by atoms with Crippen LogP contribution in [0.5, 0.6) is 0 Å². The first-order valence-corrected chi connectivity index (χ1v) is 9.84. The summed E-state index contributed by atoms with van der Waals surface area (Å²) in [5, 5.41) is 0.624. The van der Waals surface area contributed by atoms with Gasteiger partial charge in [0.15, 0.2) is 0 Å². The average molecular weight is 343 g/mol. The van der Waals surface area contributed by atoms with Crippen LogP contribution >= 0.6 is 11.6 Å². The lowest BCUT2D eigenvalue weighted by Crippen LogP contribution is -2.45. The fourth-order valence-electron chi connectivity index (χ4n) is 3.24. The predicted molar refractivity (Wildman–Crippen MR) is 89.4 cm³/mol. The lowest BCUT2D eigenvalue weighted by Gasteiger charge is -2.34. The lowest BCUT2D eigenvalue weighted by atomic mass is 9.87. The van der Waals surface area contributed by atoms with Crippen LogP contribution in [0, 0.1) is 5.92 Å². The second kappa shape index (κ2) is 6.48. The van der Waals surface area contributed by atoms with E-state index in [4.69, 9.17) is 17.3 Å². The Morgan fingerprint density at radius 1 is 1.23 bits per heavy atom. The smallest absolute Gasteiger partial charge is 0.216 e. The molecule has 0 spiro atoms. The van der Waals surface area contributed by atoms with Crippen LogP contribution in [-0.4, -0.2) is 37.1 Å². The van der Waals surface area contributed by atoms with Crippen LogP contribution in [0.2, 0.25) is 5.02 Å². The fraction of sp³-hybridized carbons (Fsp3) is 0.625. The Morgan fingerprint density at radius 3 is 2.50 bits per heavy atom. The molecule has 1 heterocycles. The Bertz CT molecular complexity index is 623. The summed E-state index contributed by atoms with van der Waals surface area (Å²) in [5.41, 5.74) is 7.49. The van der Waals surface area contributed by atoms with Crippen molar-refractivity contribution in [1.29, 1.82) is 0 Å². The van der Waals surface area contributed by atoms with E-state index >= 15 is 0 Å². The molecule has 0 aromatic heterocycles. The van der Waals surface area contributed by atoms with E-state index in [2.05, 4.69) is 0 Å². The third-order valence-electron chi connectivity index (χ3n) is 4.77. The van der Waals surface area contributed by atoms with Gasteiger partial charge in [-0.05, 0) is 55.7 Å². The zero-order chi connectivity index (χ0) is 15.7. The van der Waals surface area contributed by atoms with Gasteiger partial charge in [0.25, 0.3) is 0 Å². The molecule has 1 unspecified atom stereocenters. The van der Waals surface area contributed by atoms with Crippen molar-refractivity contribution in [2.24, 2.45) is 11.7 Å². The van der Waals surface area contributed by atoms with Gasteiger partial charge in [0, 0.05) is 24.2 Å². The minimum Gasteiger partial charge on any atom is -0.327 e. The number of piperidine rings is 1. The van der Waals surface area contributed by atoms with Crippen molar-refractivity contribution in [3.8, 4) is 0 Å². The third-order valence-corrected chi connectivity index (χ3v) is 7.40. The predicted octanol–water partition coefficient (Wildman–Crippen LogP) is 2.41. The number of hydrogen-bond donors (Lipinski definition) is 1. The number of hydrogen-bond acceptors (Lipinski definition) is 3. The molecular weight excluding hydrogens is 320 g/mol. The minimum absolute atomic E-state index is 0.0595. The van der Waals surface area contributed by atoms with E-state index in [-0.39, 0.29) is 11.3 Å². The highest BCUT2D eigenvalue weighted by Gasteiger charge is 2.41. The third kappa shape index (κ3) is 3.65. The molecule has 22 heavy (non-hydrogen) atoms. The first kappa shape index (κ1) is 16.2. The molecule has 1 atom stereocenters. The molecule has 2 aliphatic rings. The lowest BCUT2D eigenvalue weighted by molar-refractivity contribution is 0.243. The van der Waals surface area contributed by atoms with Gasteiger partial charge in [0.1, 0.15) is 0 Å². The Labute approximate surface area is 137 Å². The molecule has 0 radical (unpaired) electrons. The van der Waals surface area contributed by atoms with Crippen molar-refractivity contribution in [2.45, 2.75) is 43.4 Å². The van der Waals surface area contributed by atoms with Gasteiger partial charge in [0.2, 0.25) is 10.0 Å². The molecule has 2 fully saturated rings. The Balaban J connectivity index is 1.54. The van der Waals surface area contributed by atoms with Gasteiger partial charge >= 0.3 is 0 Å². The summed E-state index contributed by atoms with van der Waals surface area (Å²) in [6.45, 7) is 1.24. The van der Waals surface area contributed by atoms with Crippen molar-refractivity contribution in [2.75, 3.05) is 13.1 Å². The SMILES string of the molecule is NC(Cc1cccc(Cl)c1)C1CCN(S(=O)(=O)C2CC2)CC1. The molecule has 1 aromatic carbocycles. The molecular formula is C16H23ClN2O2S. The number of benzene rings is 1. The van der Waals surface area contributed by atoms with Crippen LogP contribution in [0.4, 0.5) is 0 Å². The molecule has 1 aliphatic carbocycles. The van der Waals surface area contributed by atoms with Gasteiger partial charge < -0.3 is 5.73 Å². The summed E-state index contributed by atoms with van der Waals surface area (Å²) >= 11 is 6.00. The molecule has 1 saturated carbocycles. The van der Waals surface area contributed by atoms with E-state index in [1.165, 1.54) is 0 Å². The van der Waals surface area contributed by atoms with E-state index < -0.39 is 10.0 Å². The van der Waals surface area contributed by atoms with Gasteiger partial charge in [0.05, 0.1) is 5.25 Å². The average Bonchev–Trinajstić information content (AvgIpc) is 3.32.